The third-order valence-electron chi connectivity index (χ3n) is 4.57. The van der Waals surface area contributed by atoms with Crippen LogP contribution in [0.5, 0.6) is 0 Å². The van der Waals surface area contributed by atoms with Crippen LogP contribution in [0.4, 0.5) is 4.79 Å². The Balaban J connectivity index is 1.45. The van der Waals surface area contributed by atoms with E-state index in [9.17, 15) is 4.79 Å². The fourth-order valence-electron chi connectivity index (χ4n) is 3.05. The topological polar surface area (TPSA) is 32.3 Å². The van der Waals surface area contributed by atoms with E-state index in [0.29, 0.717) is 5.41 Å². The molecule has 2 amide bonds. The minimum absolute atomic E-state index is 0.187. The first-order valence-corrected chi connectivity index (χ1v) is 6.83. The molecule has 2 saturated carbocycles. The highest BCUT2D eigenvalue weighted by Crippen LogP contribution is 2.60. The molecule has 0 radical (unpaired) electrons. The van der Waals surface area contributed by atoms with Crippen molar-refractivity contribution in [1.29, 1.82) is 0 Å². The van der Waals surface area contributed by atoms with E-state index in [1.807, 2.05) is 4.90 Å². The Labute approximate surface area is 97.6 Å². The van der Waals surface area contributed by atoms with Crippen LogP contribution in [0.2, 0.25) is 0 Å². The zero-order valence-corrected chi connectivity index (χ0v) is 10.0. The van der Waals surface area contributed by atoms with Crippen molar-refractivity contribution in [3.8, 4) is 0 Å². The van der Waals surface area contributed by atoms with E-state index in [0.717, 1.165) is 25.6 Å². The van der Waals surface area contributed by atoms with Crippen LogP contribution in [0.25, 0.3) is 0 Å². The molecule has 3 heteroatoms. The molecule has 1 aliphatic heterocycles. The van der Waals surface area contributed by atoms with Gasteiger partial charge in [0.25, 0.3) is 0 Å². The summed E-state index contributed by atoms with van der Waals surface area (Å²) in [5.41, 5.74) is 0.533. The molecule has 0 spiro atoms. The molecule has 16 heavy (non-hydrogen) atoms. The van der Waals surface area contributed by atoms with Crippen LogP contribution in [-0.2, 0) is 0 Å². The number of nitrogens with one attached hydrogen (secondary N) is 1. The number of carbonyl (C=O) groups excluding carboxylic acids is 1. The minimum atomic E-state index is 0.187. The molecule has 1 N–H and O–H groups in total. The minimum Gasteiger partial charge on any atom is -0.337 e. The molecule has 1 saturated heterocycles. The van der Waals surface area contributed by atoms with Gasteiger partial charge in [0.15, 0.2) is 0 Å². The zero-order valence-electron chi connectivity index (χ0n) is 10.0. The highest BCUT2D eigenvalue weighted by Gasteiger charge is 2.53. The van der Waals surface area contributed by atoms with Gasteiger partial charge < -0.3 is 10.2 Å². The lowest BCUT2D eigenvalue weighted by Gasteiger charge is -2.28. The molecule has 3 nitrogen and oxygen atoms in total. The molecule has 3 rings (SSSR count). The largest absolute Gasteiger partial charge is 0.337 e. The number of piperidine rings is 1. The molecule has 90 valence electrons. The van der Waals surface area contributed by atoms with Gasteiger partial charge in [-0.2, -0.15) is 0 Å². The summed E-state index contributed by atoms with van der Waals surface area (Å²) >= 11 is 0. The summed E-state index contributed by atoms with van der Waals surface area (Å²) in [6, 6.07) is 0.187. The van der Waals surface area contributed by atoms with Crippen molar-refractivity contribution in [2.24, 2.45) is 11.3 Å². The Bertz CT molecular complexity index is 276. The van der Waals surface area contributed by atoms with Crippen LogP contribution in [0.3, 0.4) is 0 Å². The Kier molecular flexibility index (Phi) is 2.56. The number of likely N-dealkylation sites (tertiary alicyclic amines) is 1. The number of rotatable bonds is 3. The van der Waals surface area contributed by atoms with Gasteiger partial charge in [0.2, 0.25) is 0 Å². The molecule has 1 heterocycles. The number of urea groups is 1. The van der Waals surface area contributed by atoms with Crippen molar-refractivity contribution >= 4 is 6.03 Å². The lowest BCUT2D eigenvalue weighted by atomic mass is 10.0. The molecule has 0 aromatic carbocycles. The first-order valence-electron chi connectivity index (χ1n) is 6.83. The van der Waals surface area contributed by atoms with Crippen LogP contribution >= 0.6 is 0 Å². The van der Waals surface area contributed by atoms with Crippen LogP contribution in [0, 0.1) is 11.3 Å². The summed E-state index contributed by atoms with van der Waals surface area (Å²) in [5.74, 6) is 0.939. The maximum atomic E-state index is 11.9. The monoisotopic (exact) mass is 222 g/mol. The molecular formula is C13H22N2O. The third kappa shape index (κ3) is 2.04. The summed E-state index contributed by atoms with van der Waals surface area (Å²) in [6.07, 6.45) is 9.15. The average molecular weight is 222 g/mol. The van der Waals surface area contributed by atoms with E-state index in [4.69, 9.17) is 0 Å². The second-order valence-electron chi connectivity index (χ2n) is 5.84. The first kappa shape index (κ1) is 10.4. The van der Waals surface area contributed by atoms with E-state index in [1.54, 1.807) is 0 Å². The van der Waals surface area contributed by atoms with Gasteiger partial charge in [0, 0.05) is 19.6 Å². The molecule has 3 fully saturated rings. The van der Waals surface area contributed by atoms with E-state index in [-0.39, 0.29) is 6.03 Å². The van der Waals surface area contributed by atoms with Crippen molar-refractivity contribution in [3.05, 3.63) is 0 Å². The summed E-state index contributed by atoms with van der Waals surface area (Å²) in [6.45, 7) is 2.86. The van der Waals surface area contributed by atoms with Crippen molar-refractivity contribution in [3.63, 3.8) is 0 Å². The zero-order chi connectivity index (χ0) is 11.0. The fraction of sp³-hybridized carbons (Fsp3) is 0.923. The molecule has 2 aliphatic carbocycles. The highest BCUT2D eigenvalue weighted by molar-refractivity contribution is 5.74. The summed E-state index contributed by atoms with van der Waals surface area (Å²) in [4.78, 5) is 13.9. The number of nitrogens with zero attached hydrogens (tertiary/aromatic N) is 1. The van der Waals surface area contributed by atoms with Gasteiger partial charge in [-0.1, -0.05) is 0 Å². The van der Waals surface area contributed by atoms with Crippen molar-refractivity contribution in [2.45, 2.75) is 44.9 Å². The normalized spacial score (nSPS) is 27.6. The third-order valence-corrected chi connectivity index (χ3v) is 4.57. The maximum absolute atomic E-state index is 11.9. The number of hydrogen-bond acceptors (Lipinski definition) is 1. The number of hydrogen-bond donors (Lipinski definition) is 1. The molecule has 0 atom stereocenters. The Morgan fingerprint density at radius 1 is 1.19 bits per heavy atom. The molecule has 0 aromatic heterocycles. The highest BCUT2D eigenvalue weighted by atomic mass is 16.2. The Hall–Kier alpha value is -0.730. The van der Waals surface area contributed by atoms with Crippen molar-refractivity contribution in [2.75, 3.05) is 19.6 Å². The molecular weight excluding hydrogens is 200 g/mol. The SMILES string of the molecule is O=C(NCC1(C2CC2)CC1)N1CCCCC1. The number of carbonyl (C=O) groups is 1. The van der Waals surface area contributed by atoms with Gasteiger partial charge in [0.05, 0.1) is 0 Å². The van der Waals surface area contributed by atoms with E-state index in [2.05, 4.69) is 5.32 Å². The smallest absolute Gasteiger partial charge is 0.317 e. The van der Waals surface area contributed by atoms with Crippen molar-refractivity contribution < 1.29 is 4.79 Å². The Morgan fingerprint density at radius 3 is 2.44 bits per heavy atom. The lowest BCUT2D eigenvalue weighted by Crippen LogP contribution is -2.44. The first-order chi connectivity index (χ1) is 7.80. The molecule has 3 aliphatic rings. The predicted molar refractivity (Wildman–Crippen MR) is 63.2 cm³/mol. The predicted octanol–water partition coefficient (Wildman–Crippen LogP) is 2.37. The van der Waals surface area contributed by atoms with E-state index < -0.39 is 0 Å². The van der Waals surface area contributed by atoms with Crippen LogP contribution in [0.15, 0.2) is 0 Å². The summed E-state index contributed by atoms with van der Waals surface area (Å²) in [5, 5.41) is 3.16. The Morgan fingerprint density at radius 2 is 1.88 bits per heavy atom. The standard InChI is InChI=1S/C13H22N2O/c16-12(15-8-2-1-3-9-15)14-10-13(6-7-13)11-4-5-11/h11H,1-10H2,(H,14,16). The summed E-state index contributed by atoms with van der Waals surface area (Å²) in [7, 11) is 0. The second-order valence-corrected chi connectivity index (χ2v) is 5.84. The fourth-order valence-corrected chi connectivity index (χ4v) is 3.05. The lowest BCUT2D eigenvalue weighted by molar-refractivity contribution is 0.183. The van der Waals surface area contributed by atoms with Gasteiger partial charge in [-0.15, -0.1) is 0 Å². The van der Waals surface area contributed by atoms with Gasteiger partial charge >= 0.3 is 6.03 Å². The quantitative estimate of drug-likeness (QED) is 0.781. The maximum Gasteiger partial charge on any atom is 0.317 e. The van der Waals surface area contributed by atoms with Gasteiger partial charge in [-0.3, -0.25) is 0 Å². The number of amides is 2. The van der Waals surface area contributed by atoms with Gasteiger partial charge in [0.1, 0.15) is 0 Å². The summed E-state index contributed by atoms with van der Waals surface area (Å²) < 4.78 is 0. The van der Waals surface area contributed by atoms with Crippen LogP contribution in [0.1, 0.15) is 44.9 Å². The van der Waals surface area contributed by atoms with Crippen LogP contribution < -0.4 is 5.32 Å². The molecule has 0 aromatic rings. The molecule has 0 bridgehead atoms. The van der Waals surface area contributed by atoms with Gasteiger partial charge in [-0.25, -0.2) is 4.79 Å². The average Bonchev–Trinajstić information content (AvgIpc) is 3.17. The van der Waals surface area contributed by atoms with E-state index >= 15 is 0 Å². The van der Waals surface area contributed by atoms with Gasteiger partial charge in [-0.05, 0) is 56.3 Å². The van der Waals surface area contributed by atoms with Crippen LogP contribution in [-0.4, -0.2) is 30.6 Å². The molecule has 0 unspecified atom stereocenters. The van der Waals surface area contributed by atoms with Crippen molar-refractivity contribution in [1.82, 2.24) is 10.2 Å². The van der Waals surface area contributed by atoms with E-state index in [1.165, 1.54) is 44.9 Å². The second kappa shape index (κ2) is 3.94.